The average Bonchev–Trinajstić information content (AvgIpc) is 2.79. The summed E-state index contributed by atoms with van der Waals surface area (Å²) in [4.78, 5) is 20.7. The van der Waals surface area contributed by atoms with Crippen molar-refractivity contribution in [3.63, 3.8) is 0 Å². The van der Waals surface area contributed by atoms with Crippen molar-refractivity contribution in [3.8, 4) is 0 Å². The Morgan fingerprint density at radius 1 is 1.47 bits per heavy atom. The van der Waals surface area contributed by atoms with Gasteiger partial charge in [-0.3, -0.25) is 4.79 Å². The van der Waals surface area contributed by atoms with Crippen molar-refractivity contribution in [1.82, 2.24) is 15.2 Å². The van der Waals surface area contributed by atoms with Gasteiger partial charge in [0, 0.05) is 27.2 Å². The highest BCUT2D eigenvalue weighted by Crippen LogP contribution is 2.28. The number of nitrogens with two attached hydrogens (primary N) is 1. The fourth-order valence-corrected chi connectivity index (χ4v) is 2.54. The van der Waals surface area contributed by atoms with E-state index >= 15 is 0 Å². The Morgan fingerprint density at radius 2 is 2.16 bits per heavy atom. The first-order valence-electron chi connectivity index (χ1n) is 6.38. The smallest absolute Gasteiger partial charge is 0.267 e. The van der Waals surface area contributed by atoms with Crippen LogP contribution in [0.3, 0.4) is 0 Å². The first kappa shape index (κ1) is 15.7. The highest BCUT2D eigenvalue weighted by atomic mass is 32.1. The lowest BCUT2D eigenvalue weighted by Gasteiger charge is -2.16. The summed E-state index contributed by atoms with van der Waals surface area (Å²) in [6.07, 6.45) is 0.916. The summed E-state index contributed by atoms with van der Waals surface area (Å²) >= 11 is 1.35. The van der Waals surface area contributed by atoms with Gasteiger partial charge in [0.25, 0.3) is 5.91 Å². The van der Waals surface area contributed by atoms with Gasteiger partial charge in [0.15, 0.2) is 5.13 Å². The second kappa shape index (κ2) is 7.30. The lowest BCUT2D eigenvalue weighted by atomic mass is 10.3. The molecule has 1 heterocycles. The normalized spacial score (nSPS) is 10.5. The summed E-state index contributed by atoms with van der Waals surface area (Å²) in [5.74, 6) is 0.271. The van der Waals surface area contributed by atoms with E-state index < -0.39 is 0 Å². The van der Waals surface area contributed by atoms with Crippen LogP contribution in [0.5, 0.6) is 0 Å². The average molecular weight is 285 g/mol. The largest absolute Gasteiger partial charge is 0.382 e. The number of amides is 1. The molecule has 3 N–H and O–H groups in total. The summed E-state index contributed by atoms with van der Waals surface area (Å²) in [7, 11) is 5.62. The molecular weight excluding hydrogens is 262 g/mol. The quantitative estimate of drug-likeness (QED) is 0.727. The summed E-state index contributed by atoms with van der Waals surface area (Å²) in [5, 5.41) is 3.84. The van der Waals surface area contributed by atoms with Crippen LogP contribution >= 0.6 is 11.3 Å². The maximum Gasteiger partial charge on any atom is 0.267 e. The predicted molar refractivity (Wildman–Crippen MR) is 81.0 cm³/mol. The third-order valence-electron chi connectivity index (χ3n) is 2.90. The monoisotopic (exact) mass is 285 g/mol. The zero-order valence-electron chi connectivity index (χ0n) is 12.1. The number of thiazole rings is 1. The number of hydrogen-bond acceptors (Lipinski definition) is 6. The molecule has 19 heavy (non-hydrogen) atoms. The first-order valence-corrected chi connectivity index (χ1v) is 7.20. The van der Waals surface area contributed by atoms with E-state index in [1.54, 1.807) is 11.9 Å². The Labute approximate surface area is 118 Å². The zero-order valence-corrected chi connectivity index (χ0v) is 12.9. The Kier molecular flexibility index (Phi) is 6.04. The lowest BCUT2D eigenvalue weighted by Crippen LogP contribution is -2.29. The summed E-state index contributed by atoms with van der Waals surface area (Å²) in [5.41, 5.74) is 5.84. The molecule has 0 unspecified atom stereocenters. The van der Waals surface area contributed by atoms with Crippen molar-refractivity contribution < 1.29 is 4.79 Å². The zero-order chi connectivity index (χ0) is 14.4. The highest BCUT2D eigenvalue weighted by molar-refractivity contribution is 7.18. The van der Waals surface area contributed by atoms with Crippen molar-refractivity contribution >= 4 is 28.2 Å². The number of rotatable bonds is 7. The van der Waals surface area contributed by atoms with Gasteiger partial charge in [-0.05, 0) is 26.9 Å². The number of nitrogens with one attached hydrogen (secondary N) is 1. The van der Waals surface area contributed by atoms with Crippen LogP contribution in [0.4, 0.5) is 10.9 Å². The second-order valence-electron chi connectivity index (χ2n) is 4.41. The molecule has 0 aliphatic heterocycles. The molecule has 1 amide bonds. The standard InChI is InChI=1S/C12H23N5OS/c1-5-16(3)12-15-10(13)9(19-12)11(18)17(4)8-6-7-14-2/h14H,5-8,13H2,1-4H3. The molecule has 1 rings (SSSR count). The predicted octanol–water partition coefficient (Wildman–Crippen LogP) is 0.863. The minimum absolute atomic E-state index is 0.0538. The molecule has 0 bridgehead atoms. The van der Waals surface area contributed by atoms with Crippen molar-refractivity contribution in [2.24, 2.45) is 0 Å². The summed E-state index contributed by atoms with van der Waals surface area (Å²) in [6.45, 7) is 4.46. The Bertz CT molecular complexity index is 420. The van der Waals surface area contributed by atoms with Gasteiger partial charge in [-0.25, -0.2) is 4.98 Å². The van der Waals surface area contributed by atoms with E-state index in [2.05, 4.69) is 10.3 Å². The van der Waals surface area contributed by atoms with E-state index in [0.717, 1.165) is 24.6 Å². The lowest BCUT2D eigenvalue weighted by molar-refractivity contribution is 0.0799. The molecule has 0 fully saturated rings. The van der Waals surface area contributed by atoms with Gasteiger partial charge in [0.1, 0.15) is 10.7 Å². The van der Waals surface area contributed by atoms with Crippen LogP contribution in [0.15, 0.2) is 0 Å². The molecule has 0 saturated heterocycles. The first-order chi connectivity index (χ1) is 9.01. The third kappa shape index (κ3) is 4.07. The third-order valence-corrected chi connectivity index (χ3v) is 4.08. The molecule has 0 aromatic carbocycles. The van der Waals surface area contributed by atoms with Crippen LogP contribution in [0.2, 0.25) is 0 Å². The molecule has 0 saturated carbocycles. The number of aromatic nitrogens is 1. The summed E-state index contributed by atoms with van der Waals surface area (Å²) in [6, 6.07) is 0. The van der Waals surface area contributed by atoms with Gasteiger partial charge in [0.05, 0.1) is 0 Å². The number of carbonyl (C=O) groups is 1. The SMILES string of the molecule is CCN(C)c1nc(N)c(C(=O)N(C)CCCNC)s1. The fraction of sp³-hybridized carbons (Fsp3) is 0.667. The molecule has 0 spiro atoms. The van der Waals surface area contributed by atoms with E-state index in [-0.39, 0.29) is 5.91 Å². The number of carbonyl (C=O) groups excluding carboxylic acids is 1. The molecular formula is C12H23N5OS. The van der Waals surface area contributed by atoms with Crippen LogP contribution in [-0.4, -0.2) is 56.6 Å². The van der Waals surface area contributed by atoms with E-state index in [1.807, 2.05) is 25.9 Å². The molecule has 0 radical (unpaired) electrons. The number of nitrogens with zero attached hydrogens (tertiary/aromatic N) is 3. The molecule has 1 aromatic heterocycles. The van der Waals surface area contributed by atoms with Gasteiger partial charge < -0.3 is 20.9 Å². The Morgan fingerprint density at radius 3 is 2.74 bits per heavy atom. The topological polar surface area (TPSA) is 74.5 Å². The van der Waals surface area contributed by atoms with Crippen LogP contribution in [0, 0.1) is 0 Å². The van der Waals surface area contributed by atoms with Crippen molar-refractivity contribution in [2.45, 2.75) is 13.3 Å². The molecule has 0 aliphatic carbocycles. The molecule has 6 nitrogen and oxygen atoms in total. The van der Waals surface area contributed by atoms with Gasteiger partial charge >= 0.3 is 0 Å². The van der Waals surface area contributed by atoms with E-state index in [0.29, 0.717) is 17.2 Å². The van der Waals surface area contributed by atoms with Crippen molar-refractivity contribution in [2.75, 3.05) is 51.4 Å². The van der Waals surface area contributed by atoms with Crippen LogP contribution < -0.4 is 16.0 Å². The highest BCUT2D eigenvalue weighted by Gasteiger charge is 2.20. The molecule has 1 aromatic rings. The van der Waals surface area contributed by atoms with Crippen LogP contribution in [0.25, 0.3) is 0 Å². The minimum atomic E-state index is -0.0538. The van der Waals surface area contributed by atoms with E-state index in [4.69, 9.17) is 5.73 Å². The molecule has 0 aliphatic rings. The van der Waals surface area contributed by atoms with E-state index in [9.17, 15) is 4.79 Å². The minimum Gasteiger partial charge on any atom is -0.382 e. The number of nitrogen functional groups attached to an aromatic ring is 1. The van der Waals surface area contributed by atoms with Crippen LogP contribution in [-0.2, 0) is 0 Å². The molecule has 108 valence electrons. The van der Waals surface area contributed by atoms with Crippen molar-refractivity contribution in [3.05, 3.63) is 4.88 Å². The Balaban J connectivity index is 2.73. The van der Waals surface area contributed by atoms with Crippen molar-refractivity contribution in [1.29, 1.82) is 0 Å². The summed E-state index contributed by atoms with van der Waals surface area (Å²) < 4.78 is 0. The van der Waals surface area contributed by atoms with Gasteiger partial charge in [-0.1, -0.05) is 11.3 Å². The fourth-order valence-electron chi connectivity index (χ4n) is 1.54. The van der Waals surface area contributed by atoms with Gasteiger partial charge in [0.2, 0.25) is 0 Å². The maximum atomic E-state index is 12.3. The second-order valence-corrected chi connectivity index (χ2v) is 5.39. The van der Waals surface area contributed by atoms with Gasteiger partial charge in [-0.15, -0.1) is 0 Å². The number of hydrogen-bond donors (Lipinski definition) is 2. The maximum absolute atomic E-state index is 12.3. The Hall–Kier alpha value is -1.34. The number of anilines is 2. The molecule has 7 heteroatoms. The van der Waals surface area contributed by atoms with E-state index in [1.165, 1.54) is 11.3 Å². The van der Waals surface area contributed by atoms with Gasteiger partial charge in [-0.2, -0.15) is 0 Å². The van der Waals surface area contributed by atoms with Crippen LogP contribution in [0.1, 0.15) is 23.0 Å². The molecule has 0 atom stereocenters.